The van der Waals surface area contributed by atoms with Gasteiger partial charge in [0.25, 0.3) is 5.91 Å². The van der Waals surface area contributed by atoms with E-state index in [-0.39, 0.29) is 29.3 Å². The van der Waals surface area contributed by atoms with E-state index in [1.54, 1.807) is 0 Å². The Morgan fingerprint density at radius 1 is 0.944 bits per heavy atom. The summed E-state index contributed by atoms with van der Waals surface area (Å²) in [5.41, 5.74) is -1.14. The average Bonchev–Trinajstić information content (AvgIpc) is 3.39. The van der Waals surface area contributed by atoms with E-state index in [1.165, 1.54) is 19.3 Å². The minimum absolute atomic E-state index is 0.00293. The van der Waals surface area contributed by atoms with Gasteiger partial charge in [-0.25, -0.2) is 0 Å². The van der Waals surface area contributed by atoms with E-state index in [2.05, 4.69) is 0 Å². The number of hydrogen-bond acceptors (Lipinski definition) is 3. The number of rotatable bonds is 3. The van der Waals surface area contributed by atoms with E-state index < -0.39 is 41.3 Å². The molecule has 0 saturated heterocycles. The Balaban J connectivity index is 1.51. The van der Waals surface area contributed by atoms with Crippen LogP contribution in [0.15, 0.2) is 65.9 Å². The molecular formula is C26H19F6NO3. The molecule has 0 unspecified atom stereocenters. The van der Waals surface area contributed by atoms with Crippen molar-refractivity contribution in [2.24, 2.45) is 5.92 Å². The lowest BCUT2D eigenvalue weighted by Gasteiger charge is -2.26. The highest BCUT2D eigenvalue weighted by molar-refractivity contribution is 6.08. The number of benzene rings is 2. The second kappa shape index (κ2) is 8.25. The first kappa shape index (κ1) is 24.1. The lowest BCUT2D eigenvalue weighted by Crippen LogP contribution is -2.36. The molecule has 1 saturated carbocycles. The van der Waals surface area contributed by atoms with Crippen LogP contribution in [0.5, 0.6) is 0 Å². The normalized spacial score (nSPS) is 24.9. The minimum Gasteiger partial charge on any atom is -0.474 e. The molecule has 3 atom stereocenters. The van der Waals surface area contributed by atoms with Gasteiger partial charge in [0.05, 0.1) is 17.4 Å². The third-order valence-corrected chi connectivity index (χ3v) is 6.84. The van der Waals surface area contributed by atoms with E-state index in [0.29, 0.717) is 24.1 Å². The van der Waals surface area contributed by atoms with Gasteiger partial charge in [0.1, 0.15) is 0 Å². The maximum absolute atomic E-state index is 13.4. The van der Waals surface area contributed by atoms with Crippen molar-refractivity contribution >= 4 is 17.4 Å². The number of allylic oxidation sites excluding steroid dienone is 1. The zero-order chi connectivity index (χ0) is 26.0. The van der Waals surface area contributed by atoms with Gasteiger partial charge in [-0.3, -0.25) is 14.5 Å². The van der Waals surface area contributed by atoms with Crippen LogP contribution in [-0.2, 0) is 33.1 Å². The van der Waals surface area contributed by atoms with Crippen LogP contribution in [0.25, 0.3) is 0 Å². The lowest BCUT2D eigenvalue weighted by molar-refractivity contribution is -0.143. The maximum atomic E-state index is 13.4. The Kier molecular flexibility index (Phi) is 5.53. The highest BCUT2D eigenvalue weighted by Gasteiger charge is 2.45. The van der Waals surface area contributed by atoms with Gasteiger partial charge in [-0.05, 0) is 54.7 Å². The molecule has 188 valence electrons. The summed E-state index contributed by atoms with van der Waals surface area (Å²) >= 11 is 0. The van der Waals surface area contributed by atoms with Crippen molar-refractivity contribution in [3.05, 3.63) is 88.2 Å². The van der Waals surface area contributed by atoms with Crippen molar-refractivity contribution in [2.75, 3.05) is 4.90 Å². The van der Waals surface area contributed by atoms with Crippen molar-refractivity contribution < 1.29 is 40.7 Å². The summed E-state index contributed by atoms with van der Waals surface area (Å²) in [6.07, 6.45) is -7.93. The summed E-state index contributed by atoms with van der Waals surface area (Å²) in [5, 5.41) is 0. The highest BCUT2D eigenvalue weighted by atomic mass is 19.4. The number of carbonyl (C=O) groups excluding carboxylic acids is 2. The van der Waals surface area contributed by atoms with Crippen LogP contribution >= 0.6 is 0 Å². The van der Waals surface area contributed by atoms with Gasteiger partial charge in [-0.2, -0.15) is 26.3 Å². The quantitative estimate of drug-likeness (QED) is 0.284. The van der Waals surface area contributed by atoms with Gasteiger partial charge in [-0.15, -0.1) is 0 Å². The Morgan fingerprint density at radius 2 is 1.58 bits per heavy atom. The van der Waals surface area contributed by atoms with Gasteiger partial charge >= 0.3 is 12.4 Å². The molecule has 2 aromatic rings. The number of nitrogens with zero attached hydrogens (tertiary/aromatic N) is 1. The van der Waals surface area contributed by atoms with Crippen molar-refractivity contribution in [3.63, 3.8) is 0 Å². The standard InChI is InChI=1S/C26H19F6NO3/c1-13-6-22(36-12-20-21(34)8-15-7-14-4-2-3-5-19(14)23(15)20)33(24(13)35)18-10-16(25(27,28)29)9-17(11-18)26(30,31)32/h2-6,9-12,15,22-23H,7-8H2,1H3/b20-12-/t15-,22-,23+/m0/s1. The molecule has 1 fully saturated rings. The Bertz CT molecular complexity index is 1290. The number of hydrogen-bond donors (Lipinski definition) is 0. The fourth-order valence-electron chi connectivity index (χ4n) is 5.21. The fraction of sp³-hybridized carbons (Fsp3) is 0.308. The van der Waals surface area contributed by atoms with Gasteiger partial charge in [0.2, 0.25) is 0 Å². The number of fused-ring (bicyclic) bond motifs is 3. The van der Waals surface area contributed by atoms with Gasteiger partial charge in [0.15, 0.2) is 12.0 Å². The van der Waals surface area contributed by atoms with Crippen LogP contribution in [-0.4, -0.2) is 17.9 Å². The summed E-state index contributed by atoms with van der Waals surface area (Å²) in [6, 6.07) is 8.62. The summed E-state index contributed by atoms with van der Waals surface area (Å²) in [5.74, 6) is -1.10. The van der Waals surface area contributed by atoms with Crippen LogP contribution < -0.4 is 4.90 Å². The van der Waals surface area contributed by atoms with Gasteiger partial charge < -0.3 is 4.74 Å². The third kappa shape index (κ3) is 4.08. The van der Waals surface area contributed by atoms with E-state index in [9.17, 15) is 35.9 Å². The SMILES string of the molecule is CC1=C[C@H](O/C=C2/C(=O)C[C@@H]3Cc4ccccc4[C@H]23)N(c2cc(C(F)(F)F)cc(C(F)(F)F)c2)C1=O. The molecule has 1 heterocycles. The topological polar surface area (TPSA) is 46.6 Å². The molecule has 2 aromatic carbocycles. The number of alkyl halides is 6. The van der Waals surface area contributed by atoms with Gasteiger partial charge in [-0.1, -0.05) is 24.3 Å². The number of Topliss-reactive ketones (excluding diaryl/α,β-unsaturated/α-hetero) is 1. The van der Waals surface area contributed by atoms with Crippen molar-refractivity contribution in [2.45, 2.75) is 44.3 Å². The second-order valence-corrected chi connectivity index (χ2v) is 9.16. The van der Waals surface area contributed by atoms with Crippen LogP contribution in [0.3, 0.4) is 0 Å². The first-order chi connectivity index (χ1) is 16.8. The largest absolute Gasteiger partial charge is 0.474 e. The molecule has 0 aromatic heterocycles. The molecule has 1 amide bonds. The maximum Gasteiger partial charge on any atom is 0.416 e. The molecule has 0 bridgehead atoms. The summed E-state index contributed by atoms with van der Waals surface area (Å²) < 4.78 is 86.0. The Labute approximate surface area is 201 Å². The lowest BCUT2D eigenvalue weighted by atomic mass is 9.93. The number of amides is 1. The zero-order valence-electron chi connectivity index (χ0n) is 18.8. The van der Waals surface area contributed by atoms with Crippen LogP contribution in [0.4, 0.5) is 32.0 Å². The molecular weight excluding hydrogens is 488 g/mol. The smallest absolute Gasteiger partial charge is 0.416 e. The number of ketones is 1. The molecule has 1 aliphatic heterocycles. The molecule has 5 rings (SSSR count). The number of ether oxygens (including phenoxy) is 1. The van der Waals surface area contributed by atoms with Gasteiger partial charge in [0, 0.05) is 29.2 Å². The van der Waals surface area contributed by atoms with Crippen LogP contribution in [0.2, 0.25) is 0 Å². The summed E-state index contributed by atoms with van der Waals surface area (Å²) in [7, 11) is 0. The van der Waals surface area contributed by atoms with Crippen molar-refractivity contribution in [1.29, 1.82) is 0 Å². The fourth-order valence-corrected chi connectivity index (χ4v) is 5.21. The molecule has 36 heavy (non-hydrogen) atoms. The Morgan fingerprint density at radius 3 is 2.22 bits per heavy atom. The predicted molar refractivity (Wildman–Crippen MR) is 117 cm³/mol. The highest BCUT2D eigenvalue weighted by Crippen LogP contribution is 2.50. The first-order valence-electron chi connectivity index (χ1n) is 11.1. The molecule has 2 aliphatic carbocycles. The molecule has 0 N–H and O–H groups in total. The number of halogens is 6. The Hall–Kier alpha value is -3.56. The van der Waals surface area contributed by atoms with E-state index in [4.69, 9.17) is 4.74 Å². The van der Waals surface area contributed by atoms with E-state index in [0.717, 1.165) is 22.4 Å². The molecule has 0 spiro atoms. The second-order valence-electron chi connectivity index (χ2n) is 9.16. The summed E-state index contributed by atoms with van der Waals surface area (Å²) in [6.45, 7) is 1.38. The molecule has 0 radical (unpaired) electrons. The summed E-state index contributed by atoms with van der Waals surface area (Å²) in [4.78, 5) is 26.2. The third-order valence-electron chi connectivity index (χ3n) is 6.84. The molecule has 3 aliphatic rings. The van der Waals surface area contributed by atoms with Crippen molar-refractivity contribution in [1.82, 2.24) is 0 Å². The zero-order valence-corrected chi connectivity index (χ0v) is 18.8. The molecule has 4 nitrogen and oxygen atoms in total. The number of anilines is 1. The first-order valence-corrected chi connectivity index (χ1v) is 11.1. The van der Waals surface area contributed by atoms with E-state index in [1.807, 2.05) is 24.3 Å². The monoisotopic (exact) mass is 507 g/mol. The average molecular weight is 507 g/mol. The van der Waals surface area contributed by atoms with Crippen LogP contribution in [0.1, 0.15) is 41.5 Å². The van der Waals surface area contributed by atoms with Crippen LogP contribution in [0, 0.1) is 5.92 Å². The minimum atomic E-state index is -5.07. The molecule has 10 heteroatoms. The number of carbonyl (C=O) groups is 2. The van der Waals surface area contributed by atoms with Crippen molar-refractivity contribution in [3.8, 4) is 0 Å². The predicted octanol–water partition coefficient (Wildman–Crippen LogP) is 6.17. The van der Waals surface area contributed by atoms with E-state index >= 15 is 0 Å².